The van der Waals surface area contributed by atoms with Gasteiger partial charge in [-0.05, 0) is 36.2 Å². The maximum atomic E-state index is 12.0. The molecule has 2 amide bonds. The summed E-state index contributed by atoms with van der Waals surface area (Å²) >= 11 is 0. The van der Waals surface area contributed by atoms with E-state index in [-0.39, 0.29) is 6.03 Å². The lowest BCUT2D eigenvalue weighted by Crippen LogP contribution is -2.28. The predicted molar refractivity (Wildman–Crippen MR) is 96.9 cm³/mol. The number of hydrogen-bond acceptors (Lipinski definition) is 3. The number of amides is 2. The van der Waals surface area contributed by atoms with Crippen molar-refractivity contribution in [1.82, 2.24) is 5.32 Å². The zero-order valence-corrected chi connectivity index (χ0v) is 14.7. The molecule has 0 spiro atoms. The highest BCUT2D eigenvalue weighted by atomic mass is 32.2. The van der Waals surface area contributed by atoms with Gasteiger partial charge in [0.15, 0.2) is 0 Å². The van der Waals surface area contributed by atoms with Crippen molar-refractivity contribution in [1.29, 1.82) is 0 Å². The second-order valence-corrected chi connectivity index (χ2v) is 6.66. The second-order valence-electron chi connectivity index (χ2n) is 5.28. The van der Waals surface area contributed by atoms with Crippen molar-refractivity contribution in [2.24, 2.45) is 0 Å². The molecule has 0 aliphatic heterocycles. The number of nitrogens with one attached hydrogen (secondary N) is 2. The number of rotatable bonds is 7. The van der Waals surface area contributed by atoms with Crippen LogP contribution in [0.25, 0.3) is 0 Å². The summed E-state index contributed by atoms with van der Waals surface area (Å²) in [5.41, 5.74) is 1.62. The first kappa shape index (κ1) is 18.0. The molecule has 0 radical (unpaired) electrons. The van der Waals surface area contributed by atoms with Crippen LogP contribution in [0, 0.1) is 0 Å². The third kappa shape index (κ3) is 5.70. The van der Waals surface area contributed by atoms with Crippen LogP contribution in [0.3, 0.4) is 0 Å². The Hall–Kier alpha value is -2.34. The lowest BCUT2D eigenvalue weighted by Gasteiger charge is -2.10. The van der Waals surface area contributed by atoms with Crippen molar-refractivity contribution in [2.75, 3.05) is 18.2 Å². The highest BCUT2D eigenvalue weighted by Crippen LogP contribution is 2.17. The van der Waals surface area contributed by atoms with Gasteiger partial charge in [-0.15, -0.1) is 0 Å². The van der Waals surface area contributed by atoms with Gasteiger partial charge in [-0.3, -0.25) is 4.21 Å². The van der Waals surface area contributed by atoms with E-state index in [9.17, 15) is 9.00 Å². The quantitative estimate of drug-likeness (QED) is 0.806. The lowest BCUT2D eigenvalue weighted by atomic mass is 10.2. The Balaban J connectivity index is 1.85. The van der Waals surface area contributed by atoms with Gasteiger partial charge in [-0.25, -0.2) is 4.79 Å². The number of benzene rings is 2. The average Bonchev–Trinajstić information content (AvgIpc) is 2.59. The number of carbonyl (C=O) groups is 1. The van der Waals surface area contributed by atoms with Gasteiger partial charge in [-0.1, -0.05) is 25.1 Å². The highest BCUT2D eigenvalue weighted by molar-refractivity contribution is 7.84. The van der Waals surface area contributed by atoms with Crippen molar-refractivity contribution in [3.8, 4) is 5.75 Å². The largest absolute Gasteiger partial charge is 0.494 e. The van der Waals surface area contributed by atoms with Gasteiger partial charge in [-0.2, -0.15) is 0 Å². The smallest absolute Gasteiger partial charge is 0.319 e. The summed E-state index contributed by atoms with van der Waals surface area (Å²) in [6, 6.07) is 14.3. The van der Waals surface area contributed by atoms with Crippen LogP contribution in [0.4, 0.5) is 10.5 Å². The van der Waals surface area contributed by atoms with E-state index in [1.165, 1.54) is 0 Å². The van der Waals surface area contributed by atoms with Crippen molar-refractivity contribution in [3.05, 3.63) is 54.1 Å². The Morgan fingerprint density at radius 1 is 1.17 bits per heavy atom. The van der Waals surface area contributed by atoms with E-state index in [1.54, 1.807) is 24.5 Å². The summed E-state index contributed by atoms with van der Waals surface area (Å²) in [5.74, 6) is 0.734. The molecule has 2 rings (SSSR count). The van der Waals surface area contributed by atoms with Crippen molar-refractivity contribution in [2.45, 2.75) is 24.8 Å². The van der Waals surface area contributed by atoms with Crippen LogP contribution in [0.5, 0.6) is 5.75 Å². The first-order valence-electron chi connectivity index (χ1n) is 7.78. The number of hydrogen-bond donors (Lipinski definition) is 2. The van der Waals surface area contributed by atoms with Crippen LogP contribution >= 0.6 is 0 Å². The number of ether oxygens (including phenoxy) is 1. The fourth-order valence-corrected chi connectivity index (χ4v) is 2.56. The molecule has 0 aliphatic rings. The van der Waals surface area contributed by atoms with Gasteiger partial charge in [0.1, 0.15) is 5.75 Å². The van der Waals surface area contributed by atoms with E-state index < -0.39 is 10.8 Å². The molecule has 0 bridgehead atoms. The molecule has 24 heavy (non-hydrogen) atoms. The topological polar surface area (TPSA) is 67.4 Å². The van der Waals surface area contributed by atoms with Gasteiger partial charge in [0.2, 0.25) is 0 Å². The van der Waals surface area contributed by atoms with Crippen LogP contribution in [0.15, 0.2) is 53.4 Å². The summed E-state index contributed by atoms with van der Waals surface area (Å²) in [4.78, 5) is 12.7. The molecule has 0 unspecified atom stereocenters. The molecule has 0 saturated carbocycles. The minimum atomic E-state index is -0.993. The molecule has 2 aromatic carbocycles. The minimum Gasteiger partial charge on any atom is -0.494 e. The van der Waals surface area contributed by atoms with E-state index >= 15 is 0 Å². The molecule has 0 heterocycles. The highest BCUT2D eigenvalue weighted by Gasteiger charge is 2.04. The van der Waals surface area contributed by atoms with Crippen LogP contribution < -0.4 is 15.4 Å². The fraction of sp³-hybridized carbons (Fsp3) is 0.278. The first-order valence-corrected chi connectivity index (χ1v) is 9.34. The van der Waals surface area contributed by atoms with Gasteiger partial charge in [0, 0.05) is 40.2 Å². The van der Waals surface area contributed by atoms with Gasteiger partial charge in [0.25, 0.3) is 0 Å². The normalized spacial score (nSPS) is 11.6. The maximum Gasteiger partial charge on any atom is 0.319 e. The van der Waals surface area contributed by atoms with Crippen molar-refractivity contribution in [3.63, 3.8) is 0 Å². The Kier molecular flexibility index (Phi) is 6.81. The van der Waals surface area contributed by atoms with E-state index in [0.717, 1.165) is 22.6 Å². The summed E-state index contributed by atoms with van der Waals surface area (Å²) in [5, 5.41) is 5.57. The zero-order chi connectivity index (χ0) is 17.4. The Morgan fingerprint density at radius 2 is 1.92 bits per heavy atom. The SMILES string of the molecule is CCCOc1cccc(NC(=O)NCc2ccc([S@](C)=O)cc2)c1. The second kappa shape index (κ2) is 9.08. The molecule has 1 atom stereocenters. The van der Waals surface area contributed by atoms with E-state index in [0.29, 0.717) is 18.8 Å². The number of urea groups is 1. The molecule has 2 N–H and O–H groups in total. The van der Waals surface area contributed by atoms with Crippen LogP contribution in [-0.2, 0) is 17.3 Å². The average molecular weight is 346 g/mol. The molecule has 5 nitrogen and oxygen atoms in total. The maximum absolute atomic E-state index is 12.0. The number of anilines is 1. The molecule has 0 aromatic heterocycles. The minimum absolute atomic E-state index is 0.286. The molecular formula is C18H22N2O3S. The van der Waals surface area contributed by atoms with Gasteiger partial charge >= 0.3 is 6.03 Å². The van der Waals surface area contributed by atoms with Crippen LogP contribution in [-0.4, -0.2) is 23.1 Å². The van der Waals surface area contributed by atoms with Gasteiger partial charge in [0.05, 0.1) is 6.61 Å². The lowest BCUT2D eigenvalue weighted by molar-refractivity contribution is 0.251. The molecule has 6 heteroatoms. The molecule has 0 saturated heterocycles. The van der Waals surface area contributed by atoms with Crippen LogP contribution in [0.2, 0.25) is 0 Å². The summed E-state index contributed by atoms with van der Waals surface area (Å²) in [6.45, 7) is 3.09. The molecular weight excluding hydrogens is 324 g/mol. The zero-order valence-electron chi connectivity index (χ0n) is 13.9. The third-order valence-corrected chi connectivity index (χ3v) is 4.21. The number of carbonyl (C=O) groups excluding carboxylic acids is 1. The van der Waals surface area contributed by atoms with E-state index in [2.05, 4.69) is 10.6 Å². The molecule has 128 valence electrons. The Labute approximate surface area is 144 Å². The Morgan fingerprint density at radius 3 is 2.58 bits per heavy atom. The van der Waals surface area contributed by atoms with E-state index in [1.807, 2.05) is 37.3 Å². The Bertz CT molecular complexity index is 702. The first-order chi connectivity index (χ1) is 11.6. The van der Waals surface area contributed by atoms with Crippen LogP contribution in [0.1, 0.15) is 18.9 Å². The summed E-state index contributed by atoms with van der Waals surface area (Å²) in [6.07, 6.45) is 2.57. The predicted octanol–water partition coefficient (Wildman–Crippen LogP) is 3.53. The monoisotopic (exact) mass is 346 g/mol. The fourth-order valence-electron chi connectivity index (χ4n) is 2.04. The third-order valence-electron chi connectivity index (χ3n) is 3.27. The molecule has 2 aromatic rings. The summed E-state index contributed by atoms with van der Waals surface area (Å²) < 4.78 is 16.9. The van der Waals surface area contributed by atoms with Crippen molar-refractivity contribution < 1.29 is 13.7 Å². The molecule has 0 fully saturated rings. The summed E-state index contributed by atoms with van der Waals surface area (Å²) in [7, 11) is -0.993. The van der Waals surface area contributed by atoms with Gasteiger partial charge < -0.3 is 15.4 Å². The molecule has 0 aliphatic carbocycles. The van der Waals surface area contributed by atoms with Crippen molar-refractivity contribution >= 4 is 22.5 Å². The standard InChI is InChI=1S/C18H22N2O3S/c1-3-11-23-16-6-4-5-15(12-16)20-18(21)19-13-14-7-9-17(10-8-14)24(2)22/h4-10,12H,3,11,13H2,1-2H3,(H2,19,20,21)/t24-/m0/s1. The van der Waals surface area contributed by atoms with E-state index in [4.69, 9.17) is 4.74 Å².